The highest BCUT2D eigenvalue weighted by Crippen LogP contribution is 2.38. The second-order valence-electron chi connectivity index (χ2n) is 7.26. The van der Waals surface area contributed by atoms with Crippen LogP contribution >= 0.6 is 0 Å². The van der Waals surface area contributed by atoms with E-state index in [1.54, 1.807) is 14.2 Å². The van der Waals surface area contributed by atoms with Gasteiger partial charge in [0.25, 0.3) is 0 Å². The van der Waals surface area contributed by atoms with Crippen molar-refractivity contribution in [1.29, 1.82) is 0 Å². The molecule has 0 spiro atoms. The van der Waals surface area contributed by atoms with Crippen LogP contribution in [-0.2, 0) is 0 Å². The standard InChI is InChI=1S/C24H28N2O2/c1-27-21-10-11-22(23(17-21)28-2)24(26-14-5-12-25-13-15-26)20-9-8-18-6-3-4-7-19(18)16-20/h3-4,6-11,16-17,24-25H,5,12-15H2,1-2H3. The Labute approximate surface area is 167 Å². The third-order valence-electron chi connectivity index (χ3n) is 5.56. The van der Waals surface area contributed by atoms with Gasteiger partial charge in [0.2, 0.25) is 0 Å². The molecule has 1 aliphatic heterocycles. The molecule has 4 heteroatoms. The molecular weight excluding hydrogens is 348 g/mol. The van der Waals surface area contributed by atoms with E-state index >= 15 is 0 Å². The normalized spacial score (nSPS) is 16.5. The van der Waals surface area contributed by atoms with Crippen LogP contribution in [0.5, 0.6) is 11.5 Å². The summed E-state index contributed by atoms with van der Waals surface area (Å²) in [6, 6.07) is 21.7. The zero-order valence-corrected chi connectivity index (χ0v) is 16.7. The highest BCUT2D eigenvalue weighted by atomic mass is 16.5. The number of hydrogen-bond donors (Lipinski definition) is 1. The van der Waals surface area contributed by atoms with Gasteiger partial charge in [-0.25, -0.2) is 0 Å². The Hall–Kier alpha value is -2.56. The fourth-order valence-corrected chi connectivity index (χ4v) is 4.13. The Morgan fingerprint density at radius 2 is 1.71 bits per heavy atom. The SMILES string of the molecule is COc1ccc(C(c2ccc3ccccc3c2)N2CCCNCC2)c(OC)c1. The molecule has 1 aliphatic rings. The van der Waals surface area contributed by atoms with Crippen LogP contribution in [0.1, 0.15) is 23.6 Å². The van der Waals surface area contributed by atoms with Gasteiger partial charge in [-0.2, -0.15) is 0 Å². The van der Waals surface area contributed by atoms with Crippen LogP contribution in [0.15, 0.2) is 60.7 Å². The molecule has 4 nitrogen and oxygen atoms in total. The Morgan fingerprint density at radius 1 is 0.857 bits per heavy atom. The maximum Gasteiger partial charge on any atom is 0.127 e. The number of hydrogen-bond acceptors (Lipinski definition) is 4. The quantitative estimate of drug-likeness (QED) is 0.722. The lowest BCUT2D eigenvalue weighted by molar-refractivity contribution is 0.236. The number of nitrogens with zero attached hydrogens (tertiary/aromatic N) is 1. The van der Waals surface area contributed by atoms with Crippen LogP contribution < -0.4 is 14.8 Å². The Kier molecular flexibility index (Phi) is 5.79. The first-order chi connectivity index (χ1) is 13.8. The van der Waals surface area contributed by atoms with Gasteiger partial charge in [-0.05, 0) is 47.5 Å². The first kappa shape index (κ1) is 18.8. The molecule has 1 fully saturated rings. The average Bonchev–Trinajstić information content (AvgIpc) is 3.03. The van der Waals surface area contributed by atoms with Crippen LogP contribution in [-0.4, -0.2) is 45.3 Å². The van der Waals surface area contributed by atoms with Gasteiger partial charge in [-0.3, -0.25) is 4.90 Å². The van der Waals surface area contributed by atoms with Gasteiger partial charge in [0.05, 0.1) is 20.3 Å². The van der Waals surface area contributed by atoms with E-state index < -0.39 is 0 Å². The number of fused-ring (bicyclic) bond motifs is 1. The Balaban J connectivity index is 1.83. The molecular formula is C24H28N2O2. The lowest BCUT2D eigenvalue weighted by Gasteiger charge is -2.32. The molecule has 146 valence electrons. The molecule has 1 N–H and O–H groups in total. The summed E-state index contributed by atoms with van der Waals surface area (Å²) in [5.74, 6) is 1.69. The highest BCUT2D eigenvalue weighted by molar-refractivity contribution is 5.83. The van der Waals surface area contributed by atoms with Crippen molar-refractivity contribution in [2.45, 2.75) is 12.5 Å². The largest absolute Gasteiger partial charge is 0.497 e. The van der Waals surface area contributed by atoms with Crippen molar-refractivity contribution >= 4 is 10.8 Å². The second kappa shape index (κ2) is 8.63. The maximum absolute atomic E-state index is 5.78. The molecule has 0 aromatic heterocycles. The van der Waals surface area contributed by atoms with Crippen molar-refractivity contribution < 1.29 is 9.47 Å². The van der Waals surface area contributed by atoms with Gasteiger partial charge in [0, 0.05) is 31.3 Å². The molecule has 0 saturated carbocycles. The molecule has 28 heavy (non-hydrogen) atoms. The summed E-state index contributed by atoms with van der Waals surface area (Å²) in [7, 11) is 3.43. The van der Waals surface area contributed by atoms with Gasteiger partial charge in [0.15, 0.2) is 0 Å². The predicted octanol–water partition coefficient (Wildman–Crippen LogP) is 4.24. The monoisotopic (exact) mass is 376 g/mol. The number of rotatable bonds is 5. The van der Waals surface area contributed by atoms with Crippen LogP contribution in [0, 0.1) is 0 Å². The molecule has 1 heterocycles. The fourth-order valence-electron chi connectivity index (χ4n) is 4.13. The fraction of sp³-hybridized carbons (Fsp3) is 0.333. The summed E-state index contributed by atoms with van der Waals surface area (Å²) >= 11 is 0. The minimum atomic E-state index is 0.144. The molecule has 1 unspecified atom stereocenters. The Morgan fingerprint density at radius 3 is 2.54 bits per heavy atom. The van der Waals surface area contributed by atoms with Crippen molar-refractivity contribution in [3.63, 3.8) is 0 Å². The first-order valence-corrected chi connectivity index (χ1v) is 9.95. The first-order valence-electron chi connectivity index (χ1n) is 9.95. The molecule has 0 radical (unpaired) electrons. The van der Waals surface area contributed by atoms with Crippen molar-refractivity contribution in [3.8, 4) is 11.5 Å². The van der Waals surface area contributed by atoms with E-state index in [0.717, 1.165) is 44.1 Å². The zero-order valence-electron chi connectivity index (χ0n) is 16.7. The van der Waals surface area contributed by atoms with Gasteiger partial charge in [-0.15, -0.1) is 0 Å². The number of ether oxygens (including phenoxy) is 2. The van der Waals surface area contributed by atoms with E-state index in [4.69, 9.17) is 9.47 Å². The molecule has 1 saturated heterocycles. The second-order valence-corrected chi connectivity index (χ2v) is 7.26. The zero-order chi connectivity index (χ0) is 19.3. The maximum atomic E-state index is 5.78. The third kappa shape index (κ3) is 3.84. The topological polar surface area (TPSA) is 33.7 Å². The molecule has 4 rings (SSSR count). The average molecular weight is 377 g/mol. The van der Waals surface area contributed by atoms with Gasteiger partial charge in [-0.1, -0.05) is 36.4 Å². The van der Waals surface area contributed by atoms with E-state index in [-0.39, 0.29) is 6.04 Å². The van der Waals surface area contributed by atoms with Crippen LogP contribution in [0.4, 0.5) is 0 Å². The molecule has 3 aromatic rings. The molecule has 0 amide bonds. The van der Waals surface area contributed by atoms with E-state index in [0.29, 0.717) is 0 Å². The minimum absolute atomic E-state index is 0.144. The summed E-state index contributed by atoms with van der Waals surface area (Å²) in [4.78, 5) is 2.56. The van der Waals surface area contributed by atoms with Crippen molar-refractivity contribution in [3.05, 3.63) is 71.8 Å². The Bertz CT molecular complexity index is 933. The number of methoxy groups -OCH3 is 2. The number of nitrogens with one attached hydrogen (secondary N) is 1. The van der Waals surface area contributed by atoms with Crippen LogP contribution in [0.2, 0.25) is 0 Å². The smallest absolute Gasteiger partial charge is 0.127 e. The lowest BCUT2D eigenvalue weighted by Crippen LogP contribution is -2.33. The van der Waals surface area contributed by atoms with E-state index in [2.05, 4.69) is 58.7 Å². The summed E-state index contributed by atoms with van der Waals surface area (Å²) in [6.07, 6.45) is 1.14. The van der Waals surface area contributed by atoms with Crippen LogP contribution in [0.25, 0.3) is 10.8 Å². The van der Waals surface area contributed by atoms with Crippen molar-refractivity contribution in [2.75, 3.05) is 40.4 Å². The van der Waals surface area contributed by atoms with Gasteiger partial charge >= 0.3 is 0 Å². The van der Waals surface area contributed by atoms with E-state index in [9.17, 15) is 0 Å². The van der Waals surface area contributed by atoms with E-state index in [1.807, 2.05) is 12.1 Å². The summed E-state index contributed by atoms with van der Waals surface area (Å²) in [5, 5.41) is 6.06. The highest BCUT2D eigenvalue weighted by Gasteiger charge is 2.26. The van der Waals surface area contributed by atoms with Gasteiger partial charge < -0.3 is 14.8 Å². The molecule has 1 atom stereocenters. The predicted molar refractivity (Wildman–Crippen MR) is 114 cm³/mol. The molecule has 0 aliphatic carbocycles. The molecule has 3 aromatic carbocycles. The van der Waals surface area contributed by atoms with Crippen molar-refractivity contribution in [1.82, 2.24) is 10.2 Å². The lowest BCUT2D eigenvalue weighted by atomic mass is 9.93. The van der Waals surface area contributed by atoms with E-state index in [1.165, 1.54) is 21.9 Å². The van der Waals surface area contributed by atoms with Crippen LogP contribution in [0.3, 0.4) is 0 Å². The summed E-state index contributed by atoms with van der Waals surface area (Å²) in [5.41, 5.74) is 2.48. The molecule has 0 bridgehead atoms. The van der Waals surface area contributed by atoms with Gasteiger partial charge in [0.1, 0.15) is 11.5 Å². The van der Waals surface area contributed by atoms with Crippen molar-refractivity contribution in [2.24, 2.45) is 0 Å². The number of benzene rings is 3. The minimum Gasteiger partial charge on any atom is -0.497 e. The summed E-state index contributed by atoms with van der Waals surface area (Å²) in [6.45, 7) is 4.13. The summed E-state index contributed by atoms with van der Waals surface area (Å²) < 4.78 is 11.2. The third-order valence-corrected chi connectivity index (χ3v) is 5.56.